The molecule has 0 aliphatic carbocycles. The van der Waals surface area contributed by atoms with E-state index < -0.39 is 17.6 Å². The van der Waals surface area contributed by atoms with Gasteiger partial charge in [0.15, 0.2) is 5.69 Å². The number of hydrogen-bond donors (Lipinski definition) is 2. The molecule has 1 heterocycles. The first kappa shape index (κ1) is 18.9. The van der Waals surface area contributed by atoms with Crippen LogP contribution in [0.15, 0.2) is 30.5 Å². The lowest BCUT2D eigenvalue weighted by atomic mass is 10.0. The number of halogens is 3. The van der Waals surface area contributed by atoms with Crippen LogP contribution in [0, 0.1) is 5.92 Å². The van der Waals surface area contributed by atoms with Crippen molar-refractivity contribution in [3.8, 4) is 5.69 Å². The topological polar surface area (TPSA) is 85.8 Å². The molecule has 6 nitrogen and oxygen atoms in total. The Kier molecular flexibility index (Phi) is 5.78. The molecule has 136 valence electrons. The second-order valence-corrected chi connectivity index (χ2v) is 6.10. The predicted octanol–water partition coefficient (Wildman–Crippen LogP) is 2.39. The molecule has 0 radical (unpaired) electrons. The molecule has 0 aliphatic rings. The van der Waals surface area contributed by atoms with Gasteiger partial charge >= 0.3 is 6.18 Å². The van der Waals surface area contributed by atoms with Crippen molar-refractivity contribution in [2.75, 3.05) is 6.54 Å². The van der Waals surface area contributed by atoms with Crippen LogP contribution in [-0.2, 0) is 6.18 Å². The van der Waals surface area contributed by atoms with Gasteiger partial charge in [-0.05, 0) is 24.5 Å². The molecule has 2 aromatic rings. The van der Waals surface area contributed by atoms with Crippen LogP contribution in [0.3, 0.4) is 0 Å². The van der Waals surface area contributed by atoms with E-state index in [4.69, 9.17) is 5.73 Å². The van der Waals surface area contributed by atoms with Gasteiger partial charge in [0, 0.05) is 12.6 Å². The summed E-state index contributed by atoms with van der Waals surface area (Å²) >= 11 is 0. The molecule has 0 saturated heterocycles. The number of aromatic nitrogens is 3. The Labute approximate surface area is 143 Å². The molecule has 1 unspecified atom stereocenters. The summed E-state index contributed by atoms with van der Waals surface area (Å²) in [6.07, 6.45) is -2.68. The van der Waals surface area contributed by atoms with Gasteiger partial charge in [-0.25, -0.2) is 4.68 Å². The summed E-state index contributed by atoms with van der Waals surface area (Å²) in [6.45, 7) is 4.26. The standard InChI is InChI=1S/C16H20F3N5O/c1-10(2)7-11(8-20)21-15(25)13-9-24(23-22-13)14-6-4-3-5-12(14)16(17,18)19/h3-6,9-11H,7-8,20H2,1-2H3,(H,21,25). The fourth-order valence-electron chi connectivity index (χ4n) is 2.44. The fourth-order valence-corrected chi connectivity index (χ4v) is 2.44. The highest BCUT2D eigenvalue weighted by atomic mass is 19.4. The van der Waals surface area contributed by atoms with Crippen LogP contribution in [0.1, 0.15) is 36.3 Å². The van der Waals surface area contributed by atoms with Gasteiger partial charge in [0.1, 0.15) is 0 Å². The van der Waals surface area contributed by atoms with Crippen LogP contribution >= 0.6 is 0 Å². The number of hydrogen-bond acceptors (Lipinski definition) is 4. The van der Waals surface area contributed by atoms with Crippen molar-refractivity contribution >= 4 is 5.91 Å². The normalized spacial score (nSPS) is 13.1. The maximum absolute atomic E-state index is 13.1. The van der Waals surface area contributed by atoms with Crippen LogP contribution < -0.4 is 11.1 Å². The van der Waals surface area contributed by atoms with E-state index in [1.807, 2.05) is 13.8 Å². The summed E-state index contributed by atoms with van der Waals surface area (Å²) in [5.74, 6) is -0.185. The fraction of sp³-hybridized carbons (Fsp3) is 0.438. The molecule has 0 spiro atoms. The lowest BCUT2D eigenvalue weighted by molar-refractivity contribution is -0.137. The quantitative estimate of drug-likeness (QED) is 0.833. The number of para-hydroxylation sites is 1. The Morgan fingerprint density at radius 1 is 1.32 bits per heavy atom. The van der Waals surface area contributed by atoms with Crippen molar-refractivity contribution in [2.45, 2.75) is 32.5 Å². The van der Waals surface area contributed by atoms with E-state index in [-0.39, 0.29) is 24.0 Å². The molecule has 1 aromatic carbocycles. The molecule has 0 saturated carbocycles. The van der Waals surface area contributed by atoms with Crippen LogP contribution in [0.25, 0.3) is 5.69 Å². The van der Waals surface area contributed by atoms with Gasteiger partial charge in [0.2, 0.25) is 0 Å². The highest BCUT2D eigenvalue weighted by Gasteiger charge is 2.34. The zero-order valence-corrected chi connectivity index (χ0v) is 13.9. The molecule has 1 aromatic heterocycles. The number of rotatable bonds is 6. The predicted molar refractivity (Wildman–Crippen MR) is 86.1 cm³/mol. The summed E-state index contributed by atoms with van der Waals surface area (Å²) in [4.78, 5) is 12.2. The summed E-state index contributed by atoms with van der Waals surface area (Å²) in [5, 5.41) is 10.0. The van der Waals surface area contributed by atoms with Crippen molar-refractivity contribution in [3.63, 3.8) is 0 Å². The molecule has 2 rings (SSSR count). The van der Waals surface area contributed by atoms with Gasteiger partial charge in [0.25, 0.3) is 5.91 Å². The van der Waals surface area contributed by atoms with E-state index in [1.165, 1.54) is 24.4 Å². The molecule has 0 aliphatic heterocycles. The second kappa shape index (κ2) is 7.64. The minimum Gasteiger partial charge on any atom is -0.347 e. The highest BCUT2D eigenvalue weighted by Crippen LogP contribution is 2.33. The van der Waals surface area contributed by atoms with E-state index >= 15 is 0 Å². The van der Waals surface area contributed by atoms with Crippen molar-refractivity contribution < 1.29 is 18.0 Å². The minimum absolute atomic E-state index is 0.0702. The number of nitrogens with zero attached hydrogens (tertiary/aromatic N) is 3. The van der Waals surface area contributed by atoms with Gasteiger partial charge < -0.3 is 11.1 Å². The van der Waals surface area contributed by atoms with Crippen molar-refractivity contribution in [1.82, 2.24) is 20.3 Å². The van der Waals surface area contributed by atoms with Crippen LogP contribution in [-0.4, -0.2) is 33.5 Å². The number of nitrogens with two attached hydrogens (primary N) is 1. The lowest BCUT2D eigenvalue weighted by Gasteiger charge is -2.17. The Morgan fingerprint density at radius 3 is 2.60 bits per heavy atom. The molecular weight excluding hydrogens is 335 g/mol. The summed E-state index contributed by atoms with van der Waals surface area (Å²) in [6, 6.07) is 4.72. The minimum atomic E-state index is -4.53. The van der Waals surface area contributed by atoms with Gasteiger partial charge in [-0.2, -0.15) is 13.2 Å². The Balaban J connectivity index is 2.22. The van der Waals surface area contributed by atoms with E-state index in [0.717, 1.165) is 10.7 Å². The van der Waals surface area contributed by atoms with Crippen molar-refractivity contribution in [2.24, 2.45) is 11.7 Å². The van der Waals surface area contributed by atoms with E-state index in [0.29, 0.717) is 12.3 Å². The van der Waals surface area contributed by atoms with Crippen molar-refractivity contribution in [3.05, 3.63) is 41.7 Å². The average Bonchev–Trinajstić information content (AvgIpc) is 3.03. The van der Waals surface area contributed by atoms with Crippen LogP contribution in [0.5, 0.6) is 0 Å². The molecular formula is C16H20F3N5O. The Hall–Kier alpha value is -2.42. The number of carbonyl (C=O) groups is 1. The Morgan fingerprint density at radius 2 is 2.00 bits per heavy atom. The largest absolute Gasteiger partial charge is 0.418 e. The average molecular weight is 355 g/mol. The number of benzene rings is 1. The molecule has 25 heavy (non-hydrogen) atoms. The smallest absolute Gasteiger partial charge is 0.347 e. The molecule has 1 atom stereocenters. The van der Waals surface area contributed by atoms with Crippen LogP contribution in [0.4, 0.5) is 13.2 Å². The third-order valence-corrected chi connectivity index (χ3v) is 3.56. The Bertz CT molecular complexity index is 727. The van der Waals surface area contributed by atoms with Gasteiger partial charge in [-0.3, -0.25) is 4.79 Å². The molecule has 0 bridgehead atoms. The molecule has 1 amide bonds. The number of alkyl halides is 3. The van der Waals surface area contributed by atoms with Gasteiger partial charge in [-0.15, -0.1) is 5.10 Å². The van der Waals surface area contributed by atoms with Crippen LogP contribution in [0.2, 0.25) is 0 Å². The first-order chi connectivity index (χ1) is 11.7. The number of nitrogens with one attached hydrogen (secondary N) is 1. The second-order valence-electron chi connectivity index (χ2n) is 6.10. The lowest BCUT2D eigenvalue weighted by Crippen LogP contribution is -2.41. The highest BCUT2D eigenvalue weighted by molar-refractivity contribution is 5.92. The summed E-state index contributed by atoms with van der Waals surface area (Å²) < 4.78 is 40.2. The molecule has 9 heteroatoms. The number of amides is 1. The van der Waals surface area contributed by atoms with Crippen molar-refractivity contribution in [1.29, 1.82) is 0 Å². The van der Waals surface area contributed by atoms with E-state index in [1.54, 1.807) is 0 Å². The maximum Gasteiger partial charge on any atom is 0.418 e. The summed E-state index contributed by atoms with van der Waals surface area (Å²) in [7, 11) is 0. The SMILES string of the molecule is CC(C)CC(CN)NC(=O)c1cn(-c2ccccc2C(F)(F)F)nn1. The van der Waals surface area contributed by atoms with Gasteiger partial charge in [-0.1, -0.05) is 31.2 Å². The van der Waals surface area contributed by atoms with Gasteiger partial charge in [0.05, 0.1) is 17.4 Å². The molecule has 0 fully saturated rings. The third kappa shape index (κ3) is 4.79. The molecule has 3 N–H and O–H groups in total. The van der Waals surface area contributed by atoms with E-state index in [9.17, 15) is 18.0 Å². The first-order valence-corrected chi connectivity index (χ1v) is 7.82. The zero-order valence-electron chi connectivity index (χ0n) is 13.9. The maximum atomic E-state index is 13.1. The first-order valence-electron chi connectivity index (χ1n) is 7.82. The monoisotopic (exact) mass is 355 g/mol. The third-order valence-electron chi connectivity index (χ3n) is 3.56. The zero-order chi connectivity index (χ0) is 18.6. The number of carbonyl (C=O) groups excluding carboxylic acids is 1. The summed E-state index contributed by atoms with van der Waals surface area (Å²) in [5.41, 5.74) is 4.51. The van der Waals surface area contributed by atoms with E-state index in [2.05, 4.69) is 15.6 Å².